The highest BCUT2D eigenvalue weighted by Crippen LogP contribution is 2.33. The summed E-state index contributed by atoms with van der Waals surface area (Å²) >= 11 is 6.21. The molecule has 1 N–H and O–H groups in total. The summed E-state index contributed by atoms with van der Waals surface area (Å²) in [6.45, 7) is 1.83. The number of pyridine rings is 1. The lowest BCUT2D eigenvalue weighted by molar-refractivity contribution is -0.116. The molecule has 0 saturated carbocycles. The quantitative estimate of drug-likeness (QED) is 0.345. The van der Waals surface area contributed by atoms with Gasteiger partial charge in [0.25, 0.3) is 6.43 Å². The topological polar surface area (TPSA) is 95.5 Å². The molecule has 1 aromatic carbocycles. The standard InChI is InChI=1S/C24H21ClF2N8O/c1-14-22-17(23(26)27)9-19(16-10-28-33(2)11-16)29-24(22)35(31-14)13-21(36)30-20-7-8-34(32-20)12-15-5-3-4-6-18(15)25/h3-11,23H,12-13H2,1-2H3,(H,30,32,36). The number of amides is 1. The number of aryl methyl sites for hydroxylation is 2. The maximum Gasteiger partial charge on any atom is 0.264 e. The molecule has 5 rings (SSSR count). The molecule has 0 radical (unpaired) electrons. The number of fused-ring (bicyclic) bond motifs is 1. The van der Waals surface area contributed by atoms with Crippen molar-refractivity contribution in [3.05, 3.63) is 76.8 Å². The lowest BCUT2D eigenvalue weighted by Gasteiger charge is -2.08. The van der Waals surface area contributed by atoms with Crippen molar-refractivity contribution in [1.82, 2.24) is 34.3 Å². The Kier molecular flexibility index (Phi) is 6.23. The minimum Gasteiger partial charge on any atom is -0.308 e. The lowest BCUT2D eigenvalue weighted by Crippen LogP contribution is -2.20. The second-order valence-electron chi connectivity index (χ2n) is 8.28. The number of hydrogen-bond acceptors (Lipinski definition) is 5. The third kappa shape index (κ3) is 4.69. The number of hydrogen-bond donors (Lipinski definition) is 1. The maximum absolute atomic E-state index is 13.9. The molecule has 1 amide bonds. The zero-order chi connectivity index (χ0) is 25.4. The summed E-state index contributed by atoms with van der Waals surface area (Å²) in [5.74, 6) is -0.0768. The van der Waals surface area contributed by atoms with Gasteiger partial charge in [-0.15, -0.1) is 0 Å². The minimum absolute atomic E-state index is 0.193. The van der Waals surface area contributed by atoms with E-state index in [1.165, 1.54) is 10.7 Å². The van der Waals surface area contributed by atoms with Crippen molar-refractivity contribution in [2.45, 2.75) is 26.4 Å². The van der Waals surface area contributed by atoms with Gasteiger partial charge in [-0.1, -0.05) is 29.8 Å². The van der Waals surface area contributed by atoms with Gasteiger partial charge in [0.05, 0.1) is 29.5 Å². The molecule has 12 heteroatoms. The average molecular weight is 511 g/mol. The number of benzene rings is 1. The Hall–Kier alpha value is -4.12. The molecule has 0 aliphatic rings. The Morgan fingerprint density at radius 2 is 2.00 bits per heavy atom. The molecule has 5 aromatic rings. The van der Waals surface area contributed by atoms with Crippen LogP contribution in [0.3, 0.4) is 0 Å². The van der Waals surface area contributed by atoms with E-state index in [0.29, 0.717) is 34.3 Å². The van der Waals surface area contributed by atoms with Gasteiger partial charge >= 0.3 is 0 Å². The Morgan fingerprint density at radius 1 is 1.19 bits per heavy atom. The van der Waals surface area contributed by atoms with Gasteiger partial charge in [-0.25, -0.2) is 18.4 Å². The second-order valence-corrected chi connectivity index (χ2v) is 8.69. The largest absolute Gasteiger partial charge is 0.308 e. The van der Waals surface area contributed by atoms with E-state index in [2.05, 4.69) is 25.6 Å². The lowest BCUT2D eigenvalue weighted by atomic mass is 10.1. The van der Waals surface area contributed by atoms with Gasteiger partial charge in [0, 0.05) is 41.7 Å². The maximum atomic E-state index is 13.9. The fourth-order valence-electron chi connectivity index (χ4n) is 4.01. The summed E-state index contributed by atoms with van der Waals surface area (Å²) in [7, 11) is 1.73. The Morgan fingerprint density at radius 3 is 2.72 bits per heavy atom. The molecule has 4 aromatic heterocycles. The van der Waals surface area contributed by atoms with Gasteiger partial charge in [0.1, 0.15) is 6.54 Å². The number of anilines is 1. The fraction of sp³-hybridized carbons (Fsp3) is 0.208. The molecular formula is C24H21ClF2N8O. The van der Waals surface area contributed by atoms with E-state index >= 15 is 0 Å². The summed E-state index contributed by atoms with van der Waals surface area (Å²) in [6.07, 6.45) is 2.21. The smallest absolute Gasteiger partial charge is 0.264 e. The molecule has 184 valence electrons. The molecule has 0 bridgehead atoms. The molecule has 9 nitrogen and oxygen atoms in total. The van der Waals surface area contributed by atoms with E-state index in [0.717, 1.165) is 5.56 Å². The normalized spacial score (nSPS) is 11.5. The van der Waals surface area contributed by atoms with E-state index in [9.17, 15) is 13.6 Å². The molecule has 0 aliphatic heterocycles. The van der Waals surface area contributed by atoms with E-state index in [-0.39, 0.29) is 23.1 Å². The monoisotopic (exact) mass is 510 g/mol. The highest BCUT2D eigenvalue weighted by Gasteiger charge is 2.22. The highest BCUT2D eigenvalue weighted by atomic mass is 35.5. The first kappa shape index (κ1) is 23.6. The number of halogens is 3. The van der Waals surface area contributed by atoms with Crippen LogP contribution in [0.1, 0.15) is 23.2 Å². The Balaban J connectivity index is 1.39. The van der Waals surface area contributed by atoms with Crippen LogP contribution in [0.25, 0.3) is 22.3 Å². The van der Waals surface area contributed by atoms with Gasteiger partial charge in [-0.3, -0.25) is 14.2 Å². The van der Waals surface area contributed by atoms with Crippen LogP contribution in [0.2, 0.25) is 5.02 Å². The van der Waals surface area contributed by atoms with Crippen molar-refractivity contribution in [1.29, 1.82) is 0 Å². The number of alkyl halides is 2. The Labute approximate surface area is 209 Å². The highest BCUT2D eigenvalue weighted by molar-refractivity contribution is 6.31. The van der Waals surface area contributed by atoms with Crippen LogP contribution in [-0.4, -0.2) is 40.2 Å². The summed E-state index contributed by atoms with van der Waals surface area (Å²) in [4.78, 5) is 17.3. The first-order chi connectivity index (χ1) is 17.3. The van der Waals surface area contributed by atoms with Gasteiger partial charge in [0.15, 0.2) is 11.5 Å². The minimum atomic E-state index is -2.74. The van der Waals surface area contributed by atoms with Crippen molar-refractivity contribution < 1.29 is 13.6 Å². The number of nitrogens with zero attached hydrogens (tertiary/aromatic N) is 7. The molecular weight excluding hydrogens is 490 g/mol. The van der Waals surface area contributed by atoms with Crippen molar-refractivity contribution in [3.8, 4) is 11.3 Å². The van der Waals surface area contributed by atoms with Crippen LogP contribution in [-0.2, 0) is 24.9 Å². The van der Waals surface area contributed by atoms with E-state index in [1.54, 1.807) is 54.1 Å². The van der Waals surface area contributed by atoms with E-state index in [1.807, 2.05) is 18.2 Å². The van der Waals surface area contributed by atoms with Crippen molar-refractivity contribution >= 4 is 34.4 Å². The molecule has 0 spiro atoms. The van der Waals surface area contributed by atoms with Crippen LogP contribution < -0.4 is 5.32 Å². The molecule has 0 fully saturated rings. The third-order valence-corrected chi connectivity index (χ3v) is 6.00. The van der Waals surface area contributed by atoms with Crippen molar-refractivity contribution in [2.75, 3.05) is 5.32 Å². The predicted octanol–water partition coefficient (Wildman–Crippen LogP) is 4.61. The molecule has 4 heterocycles. The van der Waals surface area contributed by atoms with Crippen LogP contribution >= 0.6 is 11.6 Å². The van der Waals surface area contributed by atoms with Gasteiger partial charge < -0.3 is 5.32 Å². The zero-order valence-electron chi connectivity index (χ0n) is 19.4. The van der Waals surface area contributed by atoms with Gasteiger partial charge in [-0.2, -0.15) is 15.3 Å². The van der Waals surface area contributed by atoms with E-state index < -0.39 is 12.3 Å². The summed E-state index contributed by atoms with van der Waals surface area (Å²) in [5, 5.41) is 16.4. The number of carbonyl (C=O) groups excluding carboxylic acids is 1. The van der Waals surface area contributed by atoms with Crippen LogP contribution in [0.5, 0.6) is 0 Å². The first-order valence-corrected chi connectivity index (χ1v) is 11.4. The van der Waals surface area contributed by atoms with Crippen LogP contribution in [0, 0.1) is 6.92 Å². The average Bonchev–Trinajstić information content (AvgIpc) is 3.54. The summed E-state index contributed by atoms with van der Waals surface area (Å²) < 4.78 is 32.4. The SMILES string of the molecule is Cc1nn(CC(=O)Nc2ccn(Cc3ccccc3Cl)n2)c2nc(-c3cnn(C)c3)cc(C(F)F)c12. The molecule has 0 unspecified atom stereocenters. The van der Waals surface area contributed by atoms with Crippen molar-refractivity contribution in [2.24, 2.45) is 7.05 Å². The van der Waals surface area contributed by atoms with Crippen LogP contribution in [0.15, 0.2) is 55.0 Å². The summed E-state index contributed by atoms with van der Waals surface area (Å²) in [6, 6.07) is 10.4. The van der Waals surface area contributed by atoms with E-state index in [4.69, 9.17) is 11.6 Å². The predicted molar refractivity (Wildman–Crippen MR) is 131 cm³/mol. The Bertz CT molecular complexity index is 1570. The first-order valence-electron chi connectivity index (χ1n) is 11.0. The van der Waals surface area contributed by atoms with Crippen molar-refractivity contribution in [3.63, 3.8) is 0 Å². The zero-order valence-corrected chi connectivity index (χ0v) is 20.1. The molecule has 0 aliphatic carbocycles. The molecule has 36 heavy (non-hydrogen) atoms. The molecule has 0 atom stereocenters. The van der Waals surface area contributed by atoms with Gasteiger partial charge in [-0.05, 0) is 24.6 Å². The fourth-order valence-corrected chi connectivity index (χ4v) is 4.20. The van der Waals surface area contributed by atoms with Gasteiger partial charge in [0.2, 0.25) is 5.91 Å². The number of carbonyl (C=O) groups is 1. The second kappa shape index (κ2) is 9.50. The molecule has 0 saturated heterocycles. The number of nitrogens with one attached hydrogen (secondary N) is 1. The van der Waals surface area contributed by atoms with Crippen LogP contribution in [0.4, 0.5) is 14.6 Å². The third-order valence-electron chi connectivity index (χ3n) is 5.64. The number of rotatable bonds is 7. The number of aromatic nitrogens is 7. The summed E-state index contributed by atoms with van der Waals surface area (Å²) in [5.41, 5.74) is 2.17.